The van der Waals surface area contributed by atoms with Gasteiger partial charge in [-0.3, -0.25) is 4.79 Å². The second kappa shape index (κ2) is 12.0. The first-order valence-corrected chi connectivity index (χ1v) is 14.0. The number of hydrogen-bond acceptors (Lipinski definition) is 3. The van der Waals surface area contributed by atoms with Gasteiger partial charge in [0.05, 0.1) is 0 Å². The molecule has 3 aliphatic carbocycles. The van der Waals surface area contributed by atoms with Crippen LogP contribution in [0.3, 0.4) is 0 Å². The minimum atomic E-state index is -1.66. The average Bonchev–Trinajstić information content (AvgIpc) is 2.87. The fraction of sp³-hybridized carbons (Fsp3) is 0.433. The first kappa shape index (κ1) is 26.4. The standard InChI is InChI=1S/C30H37NO4S/c1-30(2)24-19-27(30)25(17-11-3-4-12-18-29(32)33)28(20-24)31-36(34)35-21-26(22-13-7-5-8-14-22)23-15-9-6-10-16-23/h3,5-11,13-16,21,24-25,27-28,31H,4,12,17-20H2,1-2H3,(H,32,33)/t24-,25?,27+,28?,36?/m1/s1. The summed E-state index contributed by atoms with van der Waals surface area (Å²) in [4.78, 5) is 10.7. The molecule has 0 heterocycles. The maximum Gasteiger partial charge on any atom is 0.303 e. The van der Waals surface area contributed by atoms with Gasteiger partial charge in [0.15, 0.2) is 0 Å². The predicted molar refractivity (Wildman–Crippen MR) is 145 cm³/mol. The maximum absolute atomic E-state index is 13.0. The second-order valence-electron chi connectivity index (χ2n) is 10.6. The number of benzene rings is 2. The Balaban J connectivity index is 1.41. The zero-order chi connectivity index (χ0) is 25.5. The molecule has 3 fully saturated rings. The fourth-order valence-corrected chi connectivity index (χ4v) is 6.69. The highest BCUT2D eigenvalue weighted by molar-refractivity contribution is 7.78. The molecule has 3 aliphatic rings. The Morgan fingerprint density at radius 3 is 2.28 bits per heavy atom. The van der Waals surface area contributed by atoms with Crippen molar-refractivity contribution in [2.75, 3.05) is 0 Å². The van der Waals surface area contributed by atoms with E-state index < -0.39 is 17.2 Å². The van der Waals surface area contributed by atoms with Crippen LogP contribution in [0.5, 0.6) is 0 Å². The van der Waals surface area contributed by atoms with Gasteiger partial charge < -0.3 is 9.29 Å². The number of nitrogens with one attached hydrogen (secondary N) is 1. The average molecular weight is 508 g/mol. The van der Waals surface area contributed by atoms with Gasteiger partial charge in [-0.2, -0.15) is 4.21 Å². The summed E-state index contributed by atoms with van der Waals surface area (Å²) in [6, 6.07) is 20.1. The zero-order valence-electron chi connectivity index (χ0n) is 21.1. The van der Waals surface area contributed by atoms with Crippen LogP contribution in [0.25, 0.3) is 5.57 Å². The summed E-state index contributed by atoms with van der Waals surface area (Å²) in [6.45, 7) is 4.71. The van der Waals surface area contributed by atoms with E-state index in [1.54, 1.807) is 6.26 Å². The lowest BCUT2D eigenvalue weighted by Crippen LogP contribution is -2.60. The topological polar surface area (TPSA) is 75.6 Å². The van der Waals surface area contributed by atoms with Gasteiger partial charge in [0.25, 0.3) is 11.3 Å². The zero-order valence-corrected chi connectivity index (χ0v) is 22.0. The summed E-state index contributed by atoms with van der Waals surface area (Å²) in [7, 11) is 0. The minimum Gasteiger partial charge on any atom is -0.481 e. The van der Waals surface area contributed by atoms with E-state index in [9.17, 15) is 9.00 Å². The molecular weight excluding hydrogens is 470 g/mol. The van der Waals surface area contributed by atoms with E-state index in [1.807, 2.05) is 60.7 Å². The Kier molecular flexibility index (Phi) is 8.81. The third-order valence-electron chi connectivity index (χ3n) is 8.13. The van der Waals surface area contributed by atoms with Gasteiger partial charge in [-0.05, 0) is 66.4 Å². The lowest BCUT2D eigenvalue weighted by atomic mass is 9.44. The quantitative estimate of drug-likeness (QED) is 0.195. The van der Waals surface area contributed by atoms with Crippen molar-refractivity contribution in [3.05, 3.63) is 90.2 Å². The van der Waals surface area contributed by atoms with Gasteiger partial charge in [0.2, 0.25) is 0 Å². The summed E-state index contributed by atoms with van der Waals surface area (Å²) < 4.78 is 22.1. The molecule has 5 atom stereocenters. The molecule has 0 spiro atoms. The molecule has 2 aromatic carbocycles. The van der Waals surface area contributed by atoms with Gasteiger partial charge in [0, 0.05) is 18.0 Å². The SMILES string of the molecule is CC1(C)[C@H]2CC(NS(=O)OC=C(c3ccccc3)c3ccccc3)C(CC=CCCCC(=O)O)[C@@H]1C2. The summed E-state index contributed by atoms with van der Waals surface area (Å²) in [6.07, 6.45) is 10.6. The molecule has 5 rings (SSSR count). The number of fused-ring (bicyclic) bond motifs is 2. The minimum absolute atomic E-state index is 0.122. The molecule has 2 aromatic rings. The van der Waals surface area contributed by atoms with E-state index in [1.165, 1.54) is 6.42 Å². The molecule has 0 aliphatic heterocycles. The molecule has 3 unspecified atom stereocenters. The maximum atomic E-state index is 13.0. The Hall–Kier alpha value is -2.70. The Morgan fingerprint density at radius 1 is 1.06 bits per heavy atom. The molecule has 0 aromatic heterocycles. The highest BCUT2D eigenvalue weighted by Gasteiger charge is 2.57. The van der Waals surface area contributed by atoms with Gasteiger partial charge in [-0.25, -0.2) is 4.72 Å². The van der Waals surface area contributed by atoms with E-state index in [0.29, 0.717) is 29.6 Å². The summed E-state index contributed by atoms with van der Waals surface area (Å²) in [5.41, 5.74) is 3.20. The molecule has 0 radical (unpaired) electrons. The number of allylic oxidation sites excluding steroid dienone is 2. The summed E-state index contributed by atoms with van der Waals surface area (Å²) in [5, 5.41) is 8.82. The van der Waals surface area contributed by atoms with Crippen molar-refractivity contribution in [1.29, 1.82) is 0 Å². The second-order valence-corrected chi connectivity index (χ2v) is 11.5. The van der Waals surface area contributed by atoms with Crippen LogP contribution < -0.4 is 4.72 Å². The first-order valence-electron chi connectivity index (χ1n) is 12.9. The van der Waals surface area contributed by atoms with E-state index in [4.69, 9.17) is 9.29 Å². The van der Waals surface area contributed by atoms with Gasteiger partial charge >= 0.3 is 5.97 Å². The monoisotopic (exact) mass is 507 g/mol. The molecule has 5 nitrogen and oxygen atoms in total. The highest BCUT2D eigenvalue weighted by Crippen LogP contribution is 2.62. The number of hydrogen-bond donors (Lipinski definition) is 2. The summed E-state index contributed by atoms with van der Waals surface area (Å²) >= 11 is -1.66. The van der Waals surface area contributed by atoms with Crippen LogP contribution in [0.2, 0.25) is 0 Å². The van der Waals surface area contributed by atoms with Crippen molar-refractivity contribution < 1.29 is 18.3 Å². The van der Waals surface area contributed by atoms with Crippen LogP contribution in [0.1, 0.15) is 63.5 Å². The van der Waals surface area contributed by atoms with Crippen LogP contribution in [0.4, 0.5) is 0 Å². The third-order valence-corrected chi connectivity index (χ3v) is 8.89. The molecule has 2 bridgehead atoms. The molecule has 2 N–H and O–H groups in total. The van der Waals surface area contributed by atoms with Crippen LogP contribution in [-0.2, 0) is 20.2 Å². The lowest BCUT2D eigenvalue weighted by Gasteiger charge is -2.62. The van der Waals surface area contributed by atoms with E-state index in [0.717, 1.165) is 36.0 Å². The molecular formula is C30H37NO4S. The van der Waals surface area contributed by atoms with Crippen LogP contribution in [0, 0.1) is 23.2 Å². The number of aliphatic carboxylic acids is 1. The van der Waals surface area contributed by atoms with Crippen molar-refractivity contribution in [3.63, 3.8) is 0 Å². The highest BCUT2D eigenvalue weighted by atomic mass is 32.2. The molecule has 6 heteroatoms. The van der Waals surface area contributed by atoms with Crippen molar-refractivity contribution in [2.45, 2.75) is 58.4 Å². The first-order chi connectivity index (χ1) is 17.4. The normalized spacial score (nSPS) is 25.1. The smallest absolute Gasteiger partial charge is 0.303 e. The molecule has 36 heavy (non-hydrogen) atoms. The van der Waals surface area contributed by atoms with Crippen molar-refractivity contribution in [3.8, 4) is 0 Å². The van der Waals surface area contributed by atoms with E-state index in [-0.39, 0.29) is 12.5 Å². The van der Waals surface area contributed by atoms with Gasteiger partial charge in [-0.1, -0.05) is 86.7 Å². The van der Waals surface area contributed by atoms with Crippen molar-refractivity contribution in [2.24, 2.45) is 23.2 Å². The van der Waals surface area contributed by atoms with Crippen LogP contribution in [-0.4, -0.2) is 21.3 Å². The number of carbonyl (C=O) groups is 1. The van der Waals surface area contributed by atoms with E-state index in [2.05, 4.69) is 30.7 Å². The predicted octanol–water partition coefficient (Wildman–Crippen LogP) is 6.51. The Morgan fingerprint density at radius 2 is 1.69 bits per heavy atom. The largest absolute Gasteiger partial charge is 0.481 e. The lowest BCUT2D eigenvalue weighted by molar-refractivity contribution is -0.137. The number of carboxylic acid groups (broad SMARTS) is 1. The molecule has 0 saturated heterocycles. The molecule has 0 amide bonds. The molecule has 3 saturated carbocycles. The number of unbranched alkanes of at least 4 members (excludes halogenated alkanes) is 1. The van der Waals surface area contributed by atoms with Gasteiger partial charge in [-0.15, -0.1) is 0 Å². The van der Waals surface area contributed by atoms with Gasteiger partial charge in [0.1, 0.15) is 6.26 Å². The number of rotatable bonds is 12. The van der Waals surface area contributed by atoms with Crippen LogP contribution in [0.15, 0.2) is 79.1 Å². The van der Waals surface area contributed by atoms with Crippen molar-refractivity contribution >= 4 is 22.8 Å². The Labute approximate surface area is 217 Å². The number of carboxylic acids is 1. The van der Waals surface area contributed by atoms with Crippen LogP contribution >= 0.6 is 0 Å². The van der Waals surface area contributed by atoms with Crippen molar-refractivity contribution in [1.82, 2.24) is 4.72 Å². The fourth-order valence-electron chi connectivity index (χ4n) is 5.93. The summed E-state index contributed by atoms with van der Waals surface area (Å²) in [5.74, 6) is 0.836. The third kappa shape index (κ3) is 6.34. The van der Waals surface area contributed by atoms with E-state index >= 15 is 0 Å². The molecule has 192 valence electrons. The Bertz CT molecular complexity index is 1050.